The Morgan fingerprint density at radius 3 is 2.67 bits per heavy atom. The first-order valence-electron chi connectivity index (χ1n) is 9.65. The summed E-state index contributed by atoms with van der Waals surface area (Å²) in [6.07, 6.45) is -0.909. The third-order valence-electron chi connectivity index (χ3n) is 6.04. The average Bonchev–Trinajstić information content (AvgIpc) is 3.25. The number of ether oxygens (including phenoxy) is 3. The molecule has 4 aliphatic rings. The van der Waals surface area contributed by atoms with Gasteiger partial charge in [-0.1, -0.05) is 30.3 Å². The lowest BCUT2D eigenvalue weighted by atomic mass is 9.84. The van der Waals surface area contributed by atoms with Gasteiger partial charge >= 0.3 is 0 Å². The summed E-state index contributed by atoms with van der Waals surface area (Å²) in [6, 6.07) is 10.2. The topological polar surface area (TPSA) is 60.5 Å². The minimum Gasteiger partial charge on any atom is -0.342 e. The Morgan fingerprint density at radius 1 is 1.15 bits per heavy atom. The smallest absolute Gasteiger partial charge is 0.219 e. The molecule has 5 rings (SSSR count). The van der Waals surface area contributed by atoms with Crippen molar-refractivity contribution in [2.24, 2.45) is 5.92 Å². The van der Waals surface area contributed by atoms with Gasteiger partial charge in [0.05, 0.1) is 18.7 Å². The van der Waals surface area contributed by atoms with E-state index in [2.05, 4.69) is 12.1 Å². The second-order valence-corrected chi connectivity index (χ2v) is 8.34. The molecular weight excluding hydrogens is 348 g/mol. The Balaban J connectivity index is 1.43. The fourth-order valence-electron chi connectivity index (χ4n) is 4.98. The zero-order valence-corrected chi connectivity index (χ0v) is 15.9. The third-order valence-corrected chi connectivity index (χ3v) is 6.04. The molecule has 146 valence electrons. The van der Waals surface area contributed by atoms with Gasteiger partial charge in [-0.2, -0.15) is 5.06 Å². The summed E-state index contributed by atoms with van der Waals surface area (Å²) in [5, 5.41) is 2.03. The van der Waals surface area contributed by atoms with E-state index >= 15 is 0 Å². The molecule has 0 N–H and O–H groups in total. The minimum absolute atomic E-state index is 0.0440. The number of rotatable bonds is 2. The van der Waals surface area contributed by atoms with Gasteiger partial charge in [-0.25, -0.2) is 0 Å². The summed E-state index contributed by atoms with van der Waals surface area (Å²) >= 11 is 0. The monoisotopic (exact) mass is 374 g/mol. The molecule has 1 amide bonds. The molecule has 27 heavy (non-hydrogen) atoms. The van der Waals surface area contributed by atoms with Crippen LogP contribution in [0.15, 0.2) is 30.3 Å². The van der Waals surface area contributed by atoms with E-state index in [4.69, 9.17) is 19.0 Å². The van der Waals surface area contributed by atoms with Crippen molar-refractivity contribution in [3.63, 3.8) is 0 Å². The number of hydroxylamine groups is 2. The molecule has 6 atom stereocenters. The number of piperidine rings is 1. The van der Waals surface area contributed by atoms with Gasteiger partial charge in [-0.15, -0.1) is 0 Å². The molecule has 4 fully saturated rings. The summed E-state index contributed by atoms with van der Waals surface area (Å²) in [5.41, 5.74) is 1.19. The van der Waals surface area contributed by atoms with Gasteiger partial charge in [0.1, 0.15) is 12.2 Å². The van der Waals surface area contributed by atoms with Crippen LogP contribution in [0.3, 0.4) is 0 Å². The van der Waals surface area contributed by atoms with Crippen LogP contribution in [0.4, 0.5) is 0 Å². The molecule has 1 aromatic carbocycles. The Bertz CT molecular complexity index is 726. The average molecular weight is 374 g/mol. The standard InChI is InChI=1S/C20H26N2O5/c1-12(23)21-10-14-11-24-22(9-13-7-5-4-6-8-13)15(14)17-16(21)18-19(25-17)27-20(2,3)26-18/h4-8,14-19H,9-11H2,1-3H3/t14?,15?,16-,17-,18+,19+/m0/s1. The zero-order valence-electron chi connectivity index (χ0n) is 15.9. The van der Waals surface area contributed by atoms with Crippen LogP contribution in [0.1, 0.15) is 26.3 Å². The highest BCUT2D eigenvalue weighted by Gasteiger charge is 2.63. The van der Waals surface area contributed by atoms with Crippen LogP contribution in [0.2, 0.25) is 0 Å². The second kappa shape index (κ2) is 6.25. The summed E-state index contributed by atoms with van der Waals surface area (Å²) in [4.78, 5) is 20.3. The first kappa shape index (κ1) is 17.6. The Labute approximate surface area is 159 Å². The first-order valence-corrected chi connectivity index (χ1v) is 9.65. The maximum absolute atomic E-state index is 12.4. The van der Waals surface area contributed by atoms with Gasteiger partial charge in [0, 0.05) is 25.9 Å². The maximum atomic E-state index is 12.4. The van der Waals surface area contributed by atoms with Gasteiger partial charge in [-0.3, -0.25) is 9.63 Å². The lowest BCUT2D eigenvalue weighted by Gasteiger charge is -2.45. The molecule has 7 heteroatoms. The van der Waals surface area contributed by atoms with Crippen LogP contribution in [-0.2, 0) is 30.4 Å². The van der Waals surface area contributed by atoms with E-state index in [1.807, 2.05) is 42.0 Å². The third kappa shape index (κ3) is 2.89. The molecule has 4 heterocycles. The first-order chi connectivity index (χ1) is 12.9. The fraction of sp³-hybridized carbons (Fsp3) is 0.650. The van der Waals surface area contributed by atoms with Crippen LogP contribution < -0.4 is 0 Å². The largest absolute Gasteiger partial charge is 0.342 e. The highest BCUT2D eigenvalue weighted by atomic mass is 16.8. The molecular formula is C20H26N2O5. The highest BCUT2D eigenvalue weighted by molar-refractivity contribution is 5.74. The zero-order chi connectivity index (χ0) is 18.8. The normalized spacial score (nSPS) is 39.9. The van der Waals surface area contributed by atoms with E-state index in [1.165, 1.54) is 5.56 Å². The number of nitrogens with zero attached hydrogens (tertiary/aromatic N) is 2. The predicted octanol–water partition coefficient (Wildman–Crippen LogP) is 1.53. The molecule has 0 bridgehead atoms. The SMILES string of the molecule is CC(=O)N1CC2CON(Cc3ccccc3)C2[C@@H]2O[C@@H]3OC(C)(C)O[C@@H]3[C@H]21. The van der Waals surface area contributed by atoms with Gasteiger partial charge in [0.25, 0.3) is 0 Å². The number of carbonyl (C=O) groups excluding carboxylic acids is 1. The predicted molar refractivity (Wildman–Crippen MR) is 95.1 cm³/mol. The van der Waals surface area contributed by atoms with Crippen LogP contribution in [0, 0.1) is 5.92 Å². The molecule has 4 aliphatic heterocycles. The summed E-state index contributed by atoms with van der Waals surface area (Å²) in [7, 11) is 0. The van der Waals surface area contributed by atoms with E-state index in [9.17, 15) is 4.79 Å². The molecule has 7 nitrogen and oxygen atoms in total. The number of hydrogen-bond acceptors (Lipinski definition) is 6. The maximum Gasteiger partial charge on any atom is 0.219 e. The molecule has 0 saturated carbocycles. The minimum atomic E-state index is -0.699. The Morgan fingerprint density at radius 2 is 1.93 bits per heavy atom. The van der Waals surface area contributed by atoms with Crippen LogP contribution >= 0.6 is 0 Å². The molecule has 0 aromatic heterocycles. The van der Waals surface area contributed by atoms with Gasteiger partial charge in [-0.05, 0) is 19.4 Å². The number of hydrogen-bond donors (Lipinski definition) is 0. The molecule has 0 radical (unpaired) electrons. The number of likely N-dealkylation sites (tertiary alicyclic amines) is 1. The summed E-state index contributed by atoms with van der Waals surface area (Å²) in [5.74, 6) is -0.441. The van der Waals surface area contributed by atoms with Crippen molar-refractivity contribution < 1.29 is 23.8 Å². The quantitative estimate of drug-likeness (QED) is 0.782. The van der Waals surface area contributed by atoms with E-state index in [0.717, 1.165) is 0 Å². The molecule has 2 unspecified atom stereocenters. The lowest BCUT2D eigenvalue weighted by molar-refractivity contribution is -0.235. The Hall–Kier alpha value is -1.51. The number of carbonyl (C=O) groups is 1. The van der Waals surface area contributed by atoms with Gasteiger partial charge < -0.3 is 19.1 Å². The van der Waals surface area contributed by atoms with Crippen molar-refractivity contribution in [3.8, 4) is 0 Å². The lowest BCUT2D eigenvalue weighted by Crippen LogP contribution is -2.63. The molecule has 0 spiro atoms. The van der Waals surface area contributed by atoms with Gasteiger partial charge in [0.15, 0.2) is 12.1 Å². The molecule has 4 saturated heterocycles. The molecule has 0 aliphatic carbocycles. The Kier molecular flexibility index (Phi) is 4.07. The molecule has 1 aromatic rings. The van der Waals surface area contributed by atoms with Crippen molar-refractivity contribution in [3.05, 3.63) is 35.9 Å². The van der Waals surface area contributed by atoms with Crippen molar-refractivity contribution in [2.75, 3.05) is 13.2 Å². The second-order valence-electron chi connectivity index (χ2n) is 8.34. The van der Waals surface area contributed by atoms with Crippen LogP contribution in [-0.4, -0.2) is 65.4 Å². The van der Waals surface area contributed by atoms with E-state index in [-0.39, 0.29) is 36.1 Å². The van der Waals surface area contributed by atoms with Crippen molar-refractivity contribution in [2.45, 2.75) is 63.7 Å². The van der Waals surface area contributed by atoms with Crippen LogP contribution in [0.5, 0.6) is 0 Å². The van der Waals surface area contributed by atoms with E-state index < -0.39 is 12.1 Å². The van der Waals surface area contributed by atoms with Crippen LogP contribution in [0.25, 0.3) is 0 Å². The summed E-state index contributed by atoms with van der Waals surface area (Å²) < 4.78 is 18.4. The fourth-order valence-corrected chi connectivity index (χ4v) is 4.98. The van der Waals surface area contributed by atoms with Gasteiger partial charge in [0.2, 0.25) is 5.91 Å². The van der Waals surface area contributed by atoms with Crippen molar-refractivity contribution in [1.29, 1.82) is 0 Å². The number of benzene rings is 1. The van der Waals surface area contributed by atoms with E-state index in [1.54, 1.807) is 6.92 Å². The van der Waals surface area contributed by atoms with Crippen molar-refractivity contribution in [1.82, 2.24) is 9.96 Å². The highest BCUT2D eigenvalue weighted by Crippen LogP contribution is 2.46. The van der Waals surface area contributed by atoms with E-state index in [0.29, 0.717) is 19.7 Å². The number of fused-ring (bicyclic) bond motifs is 5. The number of amides is 1. The summed E-state index contributed by atoms with van der Waals surface area (Å²) in [6.45, 7) is 7.32. The van der Waals surface area contributed by atoms with Crippen molar-refractivity contribution >= 4 is 5.91 Å².